The van der Waals surface area contributed by atoms with Gasteiger partial charge >= 0.3 is 5.97 Å². The fraction of sp³-hybridized carbons (Fsp3) is 0.318. The van der Waals surface area contributed by atoms with Gasteiger partial charge in [0.05, 0.1) is 20.8 Å². The second-order valence-corrected chi connectivity index (χ2v) is 7.00. The normalized spacial score (nSPS) is 10.1. The van der Waals surface area contributed by atoms with Crippen LogP contribution in [0.5, 0.6) is 17.2 Å². The zero-order valence-electron chi connectivity index (χ0n) is 18.0. The number of carbonyl (C=O) groups is 3. The molecule has 2 rings (SSSR count). The number of hydrazine groups is 1. The average Bonchev–Trinajstić information content (AvgIpc) is 2.80. The van der Waals surface area contributed by atoms with E-state index in [2.05, 4.69) is 10.9 Å². The fourth-order valence-electron chi connectivity index (χ4n) is 2.54. The van der Waals surface area contributed by atoms with Crippen molar-refractivity contribution >= 4 is 29.4 Å². The van der Waals surface area contributed by atoms with E-state index in [0.29, 0.717) is 35.3 Å². The Balaban J connectivity index is 1.65. The van der Waals surface area contributed by atoms with Gasteiger partial charge < -0.3 is 18.9 Å². The number of amides is 2. The number of carbonyl (C=O) groups excluding carboxylic acids is 3. The summed E-state index contributed by atoms with van der Waals surface area (Å²) in [7, 11) is 2.92. The number of ether oxygens (including phenoxy) is 4. The van der Waals surface area contributed by atoms with Crippen molar-refractivity contribution in [3.63, 3.8) is 0 Å². The van der Waals surface area contributed by atoms with Crippen molar-refractivity contribution in [1.82, 2.24) is 10.9 Å². The summed E-state index contributed by atoms with van der Waals surface area (Å²) in [6.45, 7) is 1.65. The number of nitrogens with one attached hydrogen (secondary N) is 2. The van der Waals surface area contributed by atoms with E-state index in [9.17, 15) is 14.4 Å². The molecule has 0 fully saturated rings. The Bertz CT molecular complexity index is 965. The van der Waals surface area contributed by atoms with Crippen LogP contribution >= 0.6 is 11.6 Å². The number of hydrogen-bond acceptors (Lipinski definition) is 7. The molecule has 2 aromatic carbocycles. The first-order valence-corrected chi connectivity index (χ1v) is 10.1. The quantitative estimate of drug-likeness (QED) is 0.316. The van der Waals surface area contributed by atoms with Crippen LogP contribution in [-0.2, 0) is 14.3 Å². The zero-order chi connectivity index (χ0) is 23.5. The molecule has 2 N–H and O–H groups in total. The van der Waals surface area contributed by atoms with Crippen LogP contribution in [0.4, 0.5) is 0 Å². The third-order valence-electron chi connectivity index (χ3n) is 4.25. The molecule has 0 saturated heterocycles. The van der Waals surface area contributed by atoms with Crippen LogP contribution in [0.15, 0.2) is 36.4 Å². The fourth-order valence-corrected chi connectivity index (χ4v) is 2.66. The molecule has 172 valence electrons. The van der Waals surface area contributed by atoms with Gasteiger partial charge in [-0.2, -0.15) is 0 Å². The molecule has 2 aromatic rings. The van der Waals surface area contributed by atoms with Gasteiger partial charge in [0, 0.05) is 17.0 Å². The molecular formula is C22H25ClN2O7. The summed E-state index contributed by atoms with van der Waals surface area (Å²) < 4.78 is 20.7. The first-order chi connectivity index (χ1) is 15.3. The van der Waals surface area contributed by atoms with Crippen LogP contribution in [0.3, 0.4) is 0 Å². The molecule has 0 saturated carbocycles. The molecule has 0 aliphatic heterocycles. The Kier molecular flexibility index (Phi) is 9.62. The predicted octanol–water partition coefficient (Wildman–Crippen LogP) is 2.83. The van der Waals surface area contributed by atoms with Crippen molar-refractivity contribution in [3.8, 4) is 17.2 Å². The number of hydrogen-bond donors (Lipinski definition) is 2. The summed E-state index contributed by atoms with van der Waals surface area (Å²) in [4.78, 5) is 35.7. The lowest BCUT2D eigenvalue weighted by Gasteiger charge is -2.11. The first kappa shape index (κ1) is 24.8. The SMILES string of the molecule is COc1ccc(C(=O)NNC(=O)COC(=O)CCCOc2ccc(Cl)c(C)c2)cc1OC. The number of aryl methyl sites for hydroxylation is 1. The minimum Gasteiger partial charge on any atom is -0.494 e. The molecule has 0 aliphatic rings. The summed E-state index contributed by atoms with van der Waals surface area (Å²) >= 11 is 5.96. The van der Waals surface area contributed by atoms with Crippen LogP contribution in [-0.4, -0.2) is 45.2 Å². The van der Waals surface area contributed by atoms with Gasteiger partial charge in [0.2, 0.25) is 0 Å². The Morgan fingerprint density at radius 3 is 2.41 bits per heavy atom. The predicted molar refractivity (Wildman–Crippen MR) is 117 cm³/mol. The number of methoxy groups -OCH3 is 2. The lowest BCUT2D eigenvalue weighted by molar-refractivity contribution is -0.148. The lowest BCUT2D eigenvalue weighted by Crippen LogP contribution is -2.43. The number of benzene rings is 2. The van der Waals surface area contributed by atoms with Crippen molar-refractivity contribution in [2.24, 2.45) is 0 Å². The van der Waals surface area contributed by atoms with Crippen molar-refractivity contribution in [2.75, 3.05) is 27.4 Å². The number of esters is 1. The molecule has 0 spiro atoms. The van der Waals surface area contributed by atoms with Crippen LogP contribution in [0, 0.1) is 6.92 Å². The molecule has 2 amide bonds. The molecule has 0 aromatic heterocycles. The van der Waals surface area contributed by atoms with E-state index in [4.69, 9.17) is 30.5 Å². The molecule has 0 unspecified atom stereocenters. The molecule has 0 heterocycles. The van der Waals surface area contributed by atoms with E-state index in [1.54, 1.807) is 24.3 Å². The van der Waals surface area contributed by atoms with Crippen molar-refractivity contribution in [1.29, 1.82) is 0 Å². The van der Waals surface area contributed by atoms with Gasteiger partial charge in [0.15, 0.2) is 18.1 Å². The number of halogens is 1. The molecule has 10 heteroatoms. The zero-order valence-corrected chi connectivity index (χ0v) is 18.8. The minimum absolute atomic E-state index is 0.0812. The Hall–Kier alpha value is -3.46. The van der Waals surface area contributed by atoms with Crippen LogP contribution < -0.4 is 25.1 Å². The smallest absolute Gasteiger partial charge is 0.306 e. The van der Waals surface area contributed by atoms with Crippen molar-refractivity contribution in [2.45, 2.75) is 19.8 Å². The highest BCUT2D eigenvalue weighted by Crippen LogP contribution is 2.27. The maximum Gasteiger partial charge on any atom is 0.306 e. The molecule has 9 nitrogen and oxygen atoms in total. The average molecular weight is 465 g/mol. The molecular weight excluding hydrogens is 440 g/mol. The Morgan fingerprint density at radius 2 is 1.72 bits per heavy atom. The second kappa shape index (κ2) is 12.4. The summed E-state index contributed by atoms with van der Waals surface area (Å²) in [5, 5.41) is 0.652. The van der Waals surface area contributed by atoms with Gasteiger partial charge in [-0.25, -0.2) is 0 Å². The van der Waals surface area contributed by atoms with Crippen molar-refractivity contribution in [3.05, 3.63) is 52.5 Å². The molecule has 0 radical (unpaired) electrons. The van der Waals surface area contributed by atoms with Gasteiger partial charge in [0.25, 0.3) is 11.8 Å². The molecule has 32 heavy (non-hydrogen) atoms. The summed E-state index contributed by atoms with van der Waals surface area (Å²) in [6.07, 6.45) is 0.496. The first-order valence-electron chi connectivity index (χ1n) is 9.69. The molecule has 0 aliphatic carbocycles. The number of rotatable bonds is 10. The Labute approximate surface area is 190 Å². The van der Waals surface area contributed by atoms with E-state index < -0.39 is 24.4 Å². The van der Waals surface area contributed by atoms with E-state index in [-0.39, 0.29) is 12.0 Å². The van der Waals surface area contributed by atoms with E-state index in [0.717, 1.165) is 5.56 Å². The lowest BCUT2D eigenvalue weighted by atomic mass is 10.2. The van der Waals surface area contributed by atoms with E-state index in [1.807, 2.05) is 6.92 Å². The van der Waals surface area contributed by atoms with E-state index in [1.165, 1.54) is 26.4 Å². The Morgan fingerprint density at radius 1 is 0.969 bits per heavy atom. The second-order valence-electron chi connectivity index (χ2n) is 6.60. The third-order valence-corrected chi connectivity index (χ3v) is 4.67. The van der Waals surface area contributed by atoms with Gasteiger partial charge in [-0.3, -0.25) is 25.2 Å². The van der Waals surface area contributed by atoms with E-state index >= 15 is 0 Å². The van der Waals surface area contributed by atoms with Gasteiger partial charge in [0.1, 0.15) is 5.75 Å². The largest absolute Gasteiger partial charge is 0.494 e. The highest BCUT2D eigenvalue weighted by molar-refractivity contribution is 6.31. The van der Waals surface area contributed by atoms with Crippen LogP contribution in [0.2, 0.25) is 5.02 Å². The minimum atomic E-state index is -0.680. The van der Waals surface area contributed by atoms with Gasteiger partial charge in [-0.1, -0.05) is 11.6 Å². The summed E-state index contributed by atoms with van der Waals surface area (Å²) in [5.74, 6) is -0.309. The summed E-state index contributed by atoms with van der Waals surface area (Å²) in [5.41, 5.74) is 5.55. The summed E-state index contributed by atoms with van der Waals surface area (Å²) in [6, 6.07) is 9.83. The van der Waals surface area contributed by atoms with Crippen LogP contribution in [0.25, 0.3) is 0 Å². The standard InChI is InChI=1S/C22H25ClN2O7/c1-14-11-16(7-8-17(14)23)31-10-4-5-21(27)32-13-20(26)24-25-22(28)15-6-9-18(29-2)19(12-15)30-3/h6-9,11-12H,4-5,10,13H2,1-3H3,(H,24,26)(H,25,28). The highest BCUT2D eigenvalue weighted by atomic mass is 35.5. The monoisotopic (exact) mass is 464 g/mol. The maximum absolute atomic E-state index is 12.1. The molecule has 0 bridgehead atoms. The topological polar surface area (TPSA) is 112 Å². The van der Waals surface area contributed by atoms with Crippen LogP contribution in [0.1, 0.15) is 28.8 Å². The molecule has 0 atom stereocenters. The highest BCUT2D eigenvalue weighted by Gasteiger charge is 2.13. The van der Waals surface area contributed by atoms with Gasteiger partial charge in [-0.05, 0) is 55.3 Å². The van der Waals surface area contributed by atoms with Gasteiger partial charge in [-0.15, -0.1) is 0 Å². The maximum atomic E-state index is 12.1. The van der Waals surface area contributed by atoms with Crippen molar-refractivity contribution < 1.29 is 33.3 Å². The third kappa shape index (κ3) is 7.66.